The first-order chi connectivity index (χ1) is 17.8. The van der Waals surface area contributed by atoms with Gasteiger partial charge in [-0.3, -0.25) is 9.20 Å². The maximum Gasteiger partial charge on any atom is 0.253 e. The second-order valence-corrected chi connectivity index (χ2v) is 9.00. The molecule has 0 saturated carbocycles. The molecule has 198 valence electrons. The van der Waals surface area contributed by atoms with Crippen molar-refractivity contribution in [3.8, 4) is 16.9 Å². The summed E-state index contributed by atoms with van der Waals surface area (Å²) in [5, 5.41) is 11.6. The summed E-state index contributed by atoms with van der Waals surface area (Å²) in [6.45, 7) is 4.75. The highest BCUT2D eigenvalue weighted by Gasteiger charge is 2.19. The number of nitrogens with two attached hydrogens (primary N) is 1. The third kappa shape index (κ3) is 6.74. The number of carbonyl (C=O) groups is 1. The van der Waals surface area contributed by atoms with Gasteiger partial charge in [0, 0.05) is 68.6 Å². The van der Waals surface area contributed by atoms with Crippen molar-refractivity contribution in [2.45, 2.75) is 39.5 Å². The first-order valence-corrected chi connectivity index (χ1v) is 12.6. The molecular weight excluding hydrogens is 471 g/mol. The molecule has 1 aromatic carbocycles. The van der Waals surface area contributed by atoms with Crippen molar-refractivity contribution < 1.29 is 13.9 Å². The number of hydrogen-bond donors (Lipinski definition) is 2. The van der Waals surface area contributed by atoms with Crippen LogP contribution in [0.25, 0.3) is 16.8 Å². The van der Waals surface area contributed by atoms with Gasteiger partial charge in [-0.2, -0.15) is 0 Å². The van der Waals surface area contributed by atoms with Gasteiger partial charge in [0.2, 0.25) is 0 Å². The molecule has 0 bridgehead atoms. The number of amides is 1. The maximum atomic E-state index is 14.3. The fourth-order valence-electron chi connectivity index (χ4n) is 4.06. The van der Waals surface area contributed by atoms with Gasteiger partial charge in [-0.1, -0.05) is 19.4 Å². The number of pyridine rings is 1. The first-order valence-electron chi connectivity index (χ1n) is 12.6. The molecular formula is C28H37FN6O2. The Kier molecular flexibility index (Phi) is 9.79. The topological polar surface area (TPSA) is 97.8 Å². The number of halogens is 1. The molecule has 0 unspecified atom stereocenters. The minimum atomic E-state index is -0.388. The van der Waals surface area contributed by atoms with Crippen molar-refractivity contribution in [3.05, 3.63) is 71.1 Å². The van der Waals surface area contributed by atoms with Gasteiger partial charge in [-0.25, -0.2) is 4.39 Å². The molecule has 0 fully saturated rings. The summed E-state index contributed by atoms with van der Waals surface area (Å²) in [4.78, 5) is 14.6. The lowest BCUT2D eigenvalue weighted by Gasteiger charge is -2.20. The van der Waals surface area contributed by atoms with Gasteiger partial charge in [0.05, 0.1) is 6.61 Å². The van der Waals surface area contributed by atoms with Gasteiger partial charge in [-0.05, 0) is 49.7 Å². The molecule has 3 rings (SSSR count). The molecule has 3 N–H and O–H groups in total. The normalized spacial score (nSPS) is 12.5. The molecule has 2 aromatic heterocycles. The van der Waals surface area contributed by atoms with Crippen molar-refractivity contribution in [2.24, 2.45) is 5.73 Å². The van der Waals surface area contributed by atoms with Crippen LogP contribution in [0.5, 0.6) is 5.75 Å². The Bertz CT molecular complexity index is 1300. The predicted molar refractivity (Wildman–Crippen MR) is 145 cm³/mol. The number of nitrogens with one attached hydrogen (secondary N) is 1. The minimum absolute atomic E-state index is 0.0555. The van der Waals surface area contributed by atoms with Crippen LogP contribution in [0, 0.1) is 5.82 Å². The third-order valence-electron chi connectivity index (χ3n) is 6.13. The summed E-state index contributed by atoms with van der Waals surface area (Å²) in [7, 11) is 5.32. The van der Waals surface area contributed by atoms with Crippen LogP contribution in [0.15, 0.2) is 59.4 Å². The van der Waals surface area contributed by atoms with Crippen LogP contribution < -0.4 is 15.8 Å². The van der Waals surface area contributed by atoms with Gasteiger partial charge in [0.1, 0.15) is 17.4 Å². The van der Waals surface area contributed by atoms with Gasteiger partial charge >= 0.3 is 0 Å². The van der Waals surface area contributed by atoms with Crippen molar-refractivity contribution >= 4 is 11.6 Å². The molecule has 0 aliphatic carbocycles. The Morgan fingerprint density at radius 2 is 2.03 bits per heavy atom. The van der Waals surface area contributed by atoms with Crippen molar-refractivity contribution in [1.82, 2.24) is 24.8 Å². The number of hydrogen-bond acceptors (Lipinski definition) is 6. The zero-order valence-corrected chi connectivity index (χ0v) is 22.3. The number of fused-ring (bicyclic) bond motifs is 1. The van der Waals surface area contributed by atoms with E-state index < -0.39 is 0 Å². The molecule has 1 amide bonds. The Morgan fingerprint density at radius 1 is 1.24 bits per heavy atom. The highest BCUT2D eigenvalue weighted by atomic mass is 19.1. The average Bonchev–Trinajstić information content (AvgIpc) is 3.29. The van der Waals surface area contributed by atoms with E-state index in [2.05, 4.69) is 22.4 Å². The van der Waals surface area contributed by atoms with E-state index in [4.69, 9.17) is 10.5 Å². The molecule has 0 spiro atoms. The molecule has 3 aromatic rings. The van der Waals surface area contributed by atoms with E-state index in [0.29, 0.717) is 36.4 Å². The van der Waals surface area contributed by atoms with E-state index in [0.717, 1.165) is 41.1 Å². The number of benzene rings is 1. The highest BCUT2D eigenvalue weighted by molar-refractivity contribution is 5.97. The number of aromatic nitrogens is 3. The van der Waals surface area contributed by atoms with Crippen LogP contribution in [-0.2, 0) is 11.2 Å². The van der Waals surface area contributed by atoms with Crippen LogP contribution >= 0.6 is 0 Å². The molecule has 0 aliphatic rings. The lowest BCUT2D eigenvalue weighted by molar-refractivity contribution is -0.124. The van der Waals surface area contributed by atoms with E-state index in [9.17, 15) is 9.18 Å². The van der Waals surface area contributed by atoms with E-state index >= 15 is 0 Å². The lowest BCUT2D eigenvalue weighted by Crippen LogP contribution is -2.26. The monoisotopic (exact) mass is 508 g/mol. The van der Waals surface area contributed by atoms with Crippen LogP contribution in [0.1, 0.15) is 38.9 Å². The summed E-state index contributed by atoms with van der Waals surface area (Å²) >= 11 is 0. The number of nitrogens with zero attached hydrogens (tertiary/aromatic N) is 4. The zero-order valence-electron chi connectivity index (χ0n) is 22.3. The maximum absolute atomic E-state index is 14.3. The molecule has 9 heteroatoms. The van der Waals surface area contributed by atoms with Crippen LogP contribution in [0.3, 0.4) is 0 Å². The van der Waals surface area contributed by atoms with Crippen molar-refractivity contribution in [3.63, 3.8) is 0 Å². The number of carbonyl (C=O) groups excluding carboxylic acids is 1. The summed E-state index contributed by atoms with van der Waals surface area (Å²) in [5.41, 5.74) is 10.5. The first kappa shape index (κ1) is 27.9. The fourth-order valence-corrected chi connectivity index (χ4v) is 4.06. The largest absolute Gasteiger partial charge is 0.492 e. The Balaban J connectivity index is 1.90. The SMILES string of the molecule is CCC/C=C(C(=O)N(C)C)/C(CCOc1cc(F)ccc1-c1ccc2nnc(CCN)n2c1)=C(/C)NC. The van der Waals surface area contributed by atoms with Crippen molar-refractivity contribution in [1.29, 1.82) is 0 Å². The standard InChI is InChI=1S/C28H37FN6O2/c1-6-7-8-24(28(36)34(4)5)22(19(2)31-3)14-16-37-25-17-21(29)10-11-23(25)20-9-12-26-32-33-27(13-15-30)35(26)18-20/h8-12,17-18,31H,6-7,13-16,30H2,1-5H3/b22-19-,24-8-. The van der Waals surface area contributed by atoms with Gasteiger partial charge in [0.25, 0.3) is 5.91 Å². The number of rotatable bonds is 12. The molecule has 37 heavy (non-hydrogen) atoms. The average molecular weight is 509 g/mol. The van der Waals surface area contributed by atoms with Crippen LogP contribution in [0.2, 0.25) is 0 Å². The van der Waals surface area contributed by atoms with E-state index in [1.807, 2.05) is 42.8 Å². The summed E-state index contributed by atoms with van der Waals surface area (Å²) < 4.78 is 22.3. The molecule has 2 heterocycles. The second kappa shape index (κ2) is 13.0. The van der Waals surface area contributed by atoms with E-state index in [1.165, 1.54) is 12.1 Å². The number of likely N-dealkylation sites (N-methyl/N-ethyl adjacent to an activating group) is 1. The minimum Gasteiger partial charge on any atom is -0.492 e. The zero-order chi connectivity index (χ0) is 26.9. The van der Waals surface area contributed by atoms with E-state index in [1.54, 1.807) is 25.1 Å². The molecule has 0 radical (unpaired) electrons. The summed E-state index contributed by atoms with van der Waals surface area (Å²) in [6.07, 6.45) is 6.70. The number of unbranched alkanes of at least 4 members (excludes halogenated alkanes) is 1. The molecule has 0 atom stereocenters. The second-order valence-electron chi connectivity index (χ2n) is 9.00. The number of allylic oxidation sites excluding steroid dienone is 2. The molecule has 0 saturated heterocycles. The van der Waals surface area contributed by atoms with Crippen LogP contribution in [-0.4, -0.2) is 59.7 Å². The highest BCUT2D eigenvalue weighted by Crippen LogP contribution is 2.32. The fraction of sp³-hybridized carbons (Fsp3) is 0.393. The van der Waals surface area contributed by atoms with Crippen molar-refractivity contribution in [2.75, 3.05) is 34.3 Å². The predicted octanol–water partition coefficient (Wildman–Crippen LogP) is 4.11. The smallest absolute Gasteiger partial charge is 0.253 e. The number of ether oxygens (including phenoxy) is 1. The summed E-state index contributed by atoms with van der Waals surface area (Å²) in [6, 6.07) is 8.28. The quantitative estimate of drug-likeness (QED) is 0.282. The van der Waals surface area contributed by atoms with Gasteiger partial charge in [-0.15, -0.1) is 10.2 Å². The van der Waals surface area contributed by atoms with Crippen LogP contribution in [0.4, 0.5) is 4.39 Å². The van der Waals surface area contributed by atoms with Gasteiger partial charge < -0.3 is 20.7 Å². The Morgan fingerprint density at radius 3 is 2.70 bits per heavy atom. The van der Waals surface area contributed by atoms with E-state index in [-0.39, 0.29) is 18.3 Å². The lowest BCUT2D eigenvalue weighted by atomic mass is 9.98. The van der Waals surface area contributed by atoms with Gasteiger partial charge in [0.15, 0.2) is 5.65 Å². The molecule has 8 nitrogen and oxygen atoms in total. The Hall–Kier alpha value is -3.72. The Labute approximate surface area is 218 Å². The summed E-state index contributed by atoms with van der Waals surface area (Å²) in [5.74, 6) is 0.743. The molecule has 0 aliphatic heterocycles. The third-order valence-corrected chi connectivity index (χ3v) is 6.13.